The standard InChI is InChI=1S/C6H12N2O4S/c1-4(2)8-5(6(9)10)3-7-13(8,11)12/h4-5,7H,3H2,1-2H3,(H,9,10). The summed E-state index contributed by atoms with van der Waals surface area (Å²) in [6.07, 6.45) is 0. The van der Waals surface area contributed by atoms with E-state index in [1.165, 1.54) is 0 Å². The van der Waals surface area contributed by atoms with E-state index in [2.05, 4.69) is 4.72 Å². The molecule has 1 unspecified atom stereocenters. The molecule has 0 radical (unpaired) electrons. The van der Waals surface area contributed by atoms with Gasteiger partial charge < -0.3 is 5.11 Å². The van der Waals surface area contributed by atoms with Crippen LogP contribution in [0.2, 0.25) is 0 Å². The molecule has 1 atom stereocenters. The quantitative estimate of drug-likeness (QED) is 0.609. The molecule has 7 heteroatoms. The number of carboxylic acids is 1. The Balaban J connectivity index is 3.00. The van der Waals surface area contributed by atoms with Gasteiger partial charge in [-0.2, -0.15) is 17.4 Å². The fraction of sp³-hybridized carbons (Fsp3) is 0.833. The molecule has 2 N–H and O–H groups in total. The van der Waals surface area contributed by atoms with Crippen LogP contribution in [-0.4, -0.2) is 42.4 Å². The fourth-order valence-electron chi connectivity index (χ4n) is 1.35. The molecule has 1 saturated heterocycles. The van der Waals surface area contributed by atoms with Crippen molar-refractivity contribution in [1.29, 1.82) is 0 Å². The Labute approximate surface area is 76.7 Å². The van der Waals surface area contributed by atoms with Crippen molar-refractivity contribution in [3.63, 3.8) is 0 Å². The van der Waals surface area contributed by atoms with Gasteiger partial charge >= 0.3 is 5.97 Å². The van der Waals surface area contributed by atoms with E-state index in [1.807, 2.05) is 0 Å². The molecule has 76 valence electrons. The van der Waals surface area contributed by atoms with Crippen molar-refractivity contribution in [2.24, 2.45) is 0 Å². The third-order valence-electron chi connectivity index (χ3n) is 1.84. The highest BCUT2D eigenvalue weighted by Gasteiger charge is 2.42. The van der Waals surface area contributed by atoms with Gasteiger partial charge in [-0.05, 0) is 13.8 Å². The first kappa shape index (κ1) is 10.4. The van der Waals surface area contributed by atoms with E-state index in [1.54, 1.807) is 13.8 Å². The van der Waals surface area contributed by atoms with Crippen LogP contribution < -0.4 is 4.72 Å². The van der Waals surface area contributed by atoms with Crippen LogP contribution in [0.5, 0.6) is 0 Å². The molecule has 1 aliphatic rings. The van der Waals surface area contributed by atoms with Gasteiger partial charge in [-0.25, -0.2) is 0 Å². The van der Waals surface area contributed by atoms with E-state index < -0.39 is 22.2 Å². The summed E-state index contributed by atoms with van der Waals surface area (Å²) >= 11 is 0. The molecule has 0 aromatic rings. The first-order valence-corrected chi connectivity index (χ1v) is 5.31. The lowest BCUT2D eigenvalue weighted by atomic mass is 10.2. The van der Waals surface area contributed by atoms with Crippen molar-refractivity contribution in [2.75, 3.05) is 6.54 Å². The first-order valence-electron chi connectivity index (χ1n) is 3.87. The largest absolute Gasteiger partial charge is 0.480 e. The predicted molar refractivity (Wildman–Crippen MR) is 45.3 cm³/mol. The lowest BCUT2D eigenvalue weighted by Crippen LogP contribution is -2.44. The van der Waals surface area contributed by atoms with E-state index in [0.717, 1.165) is 4.31 Å². The number of hydrogen-bond donors (Lipinski definition) is 2. The van der Waals surface area contributed by atoms with Crippen molar-refractivity contribution in [2.45, 2.75) is 25.9 Å². The summed E-state index contributed by atoms with van der Waals surface area (Å²) in [6, 6.07) is -1.33. The van der Waals surface area contributed by atoms with E-state index in [9.17, 15) is 13.2 Å². The summed E-state index contributed by atoms with van der Waals surface area (Å²) in [5.41, 5.74) is 0. The molecule has 1 rings (SSSR count). The van der Waals surface area contributed by atoms with Crippen LogP contribution in [0.4, 0.5) is 0 Å². The summed E-state index contributed by atoms with van der Waals surface area (Å²) < 4.78 is 25.7. The van der Waals surface area contributed by atoms with Crippen LogP contribution in [0.15, 0.2) is 0 Å². The van der Waals surface area contributed by atoms with E-state index in [0.29, 0.717) is 0 Å². The number of rotatable bonds is 2. The Morgan fingerprint density at radius 1 is 1.62 bits per heavy atom. The van der Waals surface area contributed by atoms with Crippen molar-refractivity contribution < 1.29 is 18.3 Å². The number of carbonyl (C=O) groups is 1. The van der Waals surface area contributed by atoms with Crippen LogP contribution in [0, 0.1) is 0 Å². The Kier molecular flexibility index (Phi) is 2.60. The summed E-state index contributed by atoms with van der Waals surface area (Å²) in [5.74, 6) is -1.12. The molecule has 1 heterocycles. The zero-order valence-corrected chi connectivity index (χ0v) is 8.21. The zero-order valence-electron chi connectivity index (χ0n) is 7.39. The number of carboxylic acid groups (broad SMARTS) is 1. The van der Waals surface area contributed by atoms with E-state index in [4.69, 9.17) is 5.11 Å². The average molecular weight is 208 g/mol. The maximum atomic E-state index is 11.3. The molecule has 0 bridgehead atoms. The molecule has 0 saturated carbocycles. The van der Waals surface area contributed by atoms with Crippen LogP contribution in [-0.2, 0) is 15.0 Å². The second kappa shape index (κ2) is 3.24. The van der Waals surface area contributed by atoms with Crippen molar-refractivity contribution in [3.8, 4) is 0 Å². The molecule has 0 aromatic carbocycles. The van der Waals surface area contributed by atoms with Gasteiger partial charge in [0.15, 0.2) is 0 Å². The minimum Gasteiger partial charge on any atom is -0.480 e. The molecule has 0 amide bonds. The minimum atomic E-state index is -3.58. The molecule has 1 fully saturated rings. The topological polar surface area (TPSA) is 86.7 Å². The van der Waals surface area contributed by atoms with Gasteiger partial charge in [0.25, 0.3) is 10.2 Å². The second-order valence-corrected chi connectivity index (χ2v) is 4.79. The molecule has 13 heavy (non-hydrogen) atoms. The third-order valence-corrected chi connectivity index (χ3v) is 3.60. The molecule has 0 aromatic heterocycles. The van der Waals surface area contributed by atoms with Crippen LogP contribution >= 0.6 is 0 Å². The molecule has 6 nitrogen and oxygen atoms in total. The average Bonchev–Trinajstić information content (AvgIpc) is 2.24. The second-order valence-electron chi connectivity index (χ2n) is 3.13. The summed E-state index contributed by atoms with van der Waals surface area (Å²) in [5, 5.41) is 8.72. The van der Waals surface area contributed by atoms with Gasteiger partial charge in [-0.3, -0.25) is 4.79 Å². The van der Waals surface area contributed by atoms with E-state index >= 15 is 0 Å². The molecular formula is C6H12N2O4S. The van der Waals surface area contributed by atoms with Gasteiger partial charge in [0.2, 0.25) is 0 Å². The summed E-state index contributed by atoms with van der Waals surface area (Å²) in [6.45, 7) is 3.22. The smallest absolute Gasteiger partial charge is 0.323 e. The Bertz CT molecular complexity index is 311. The number of hydrogen-bond acceptors (Lipinski definition) is 3. The number of aliphatic carboxylic acids is 1. The molecular weight excluding hydrogens is 196 g/mol. The zero-order chi connectivity index (χ0) is 10.2. The lowest BCUT2D eigenvalue weighted by molar-refractivity contribution is -0.141. The monoisotopic (exact) mass is 208 g/mol. The van der Waals surface area contributed by atoms with Gasteiger partial charge in [0.1, 0.15) is 6.04 Å². The van der Waals surface area contributed by atoms with Gasteiger partial charge in [-0.1, -0.05) is 0 Å². The summed E-state index contributed by atoms with van der Waals surface area (Å²) in [4.78, 5) is 10.7. The molecule has 0 spiro atoms. The van der Waals surface area contributed by atoms with E-state index in [-0.39, 0.29) is 12.6 Å². The van der Waals surface area contributed by atoms with Gasteiger partial charge in [0.05, 0.1) is 0 Å². The third kappa shape index (κ3) is 1.82. The highest BCUT2D eigenvalue weighted by molar-refractivity contribution is 7.87. The van der Waals surface area contributed by atoms with Crippen molar-refractivity contribution >= 4 is 16.2 Å². The van der Waals surface area contributed by atoms with Crippen molar-refractivity contribution in [1.82, 2.24) is 9.03 Å². The Morgan fingerprint density at radius 3 is 2.46 bits per heavy atom. The molecule has 0 aliphatic carbocycles. The fourth-order valence-corrected chi connectivity index (χ4v) is 2.92. The van der Waals surface area contributed by atoms with Crippen LogP contribution in [0.3, 0.4) is 0 Å². The normalized spacial score (nSPS) is 28.1. The summed E-state index contributed by atoms with van der Waals surface area (Å²) in [7, 11) is -3.58. The Morgan fingerprint density at radius 2 is 2.15 bits per heavy atom. The first-order chi connectivity index (χ1) is 5.86. The maximum absolute atomic E-state index is 11.3. The van der Waals surface area contributed by atoms with Gasteiger partial charge in [0, 0.05) is 12.6 Å². The lowest BCUT2D eigenvalue weighted by Gasteiger charge is -2.21. The highest BCUT2D eigenvalue weighted by atomic mass is 32.2. The number of nitrogens with one attached hydrogen (secondary N) is 1. The Hall–Kier alpha value is -0.660. The highest BCUT2D eigenvalue weighted by Crippen LogP contribution is 2.16. The van der Waals surface area contributed by atoms with Gasteiger partial charge in [-0.15, -0.1) is 0 Å². The minimum absolute atomic E-state index is 0.0597. The maximum Gasteiger partial charge on any atom is 0.323 e. The predicted octanol–water partition coefficient (Wildman–Crippen LogP) is -1.00. The van der Waals surface area contributed by atoms with Crippen LogP contribution in [0.25, 0.3) is 0 Å². The SMILES string of the molecule is CC(C)N1C(C(=O)O)CNS1(=O)=O. The van der Waals surface area contributed by atoms with Crippen LogP contribution in [0.1, 0.15) is 13.8 Å². The number of nitrogens with zero attached hydrogens (tertiary/aromatic N) is 1. The molecule has 1 aliphatic heterocycles. The van der Waals surface area contributed by atoms with Crippen molar-refractivity contribution in [3.05, 3.63) is 0 Å².